The second kappa shape index (κ2) is 8.75. The van der Waals surface area contributed by atoms with Crippen LogP contribution in [-0.2, 0) is 4.79 Å². The molecule has 0 unspecified atom stereocenters. The van der Waals surface area contributed by atoms with E-state index < -0.39 is 22.8 Å². The molecule has 0 aliphatic carbocycles. The highest BCUT2D eigenvalue weighted by Crippen LogP contribution is 2.23. The van der Waals surface area contributed by atoms with Gasteiger partial charge in [0.15, 0.2) is 11.6 Å². The first kappa shape index (κ1) is 21.0. The zero-order valence-electron chi connectivity index (χ0n) is 15.4. The molecule has 0 saturated carbocycles. The molecule has 0 radical (unpaired) electrons. The molecule has 0 fully saturated rings. The minimum Gasteiger partial charge on any atom is -0.325 e. The highest BCUT2D eigenvalue weighted by atomic mass is 35.5. The topological polar surface area (TPSA) is 64.0 Å². The third-order valence-corrected chi connectivity index (χ3v) is 5.46. The third kappa shape index (κ3) is 5.02. The SMILES string of the molecule is Cc1ccc(-n2nc(S[C@@H](C)C(=O)Nc3ccc(F)c(F)c3)ccc2=O)cc1Cl. The van der Waals surface area contributed by atoms with Crippen LogP contribution in [0.5, 0.6) is 0 Å². The number of amides is 1. The summed E-state index contributed by atoms with van der Waals surface area (Å²) >= 11 is 7.25. The summed E-state index contributed by atoms with van der Waals surface area (Å²) in [6, 6.07) is 11.1. The first-order valence-electron chi connectivity index (χ1n) is 8.54. The van der Waals surface area contributed by atoms with Gasteiger partial charge < -0.3 is 5.32 Å². The Hall–Kier alpha value is -2.71. The highest BCUT2D eigenvalue weighted by molar-refractivity contribution is 8.00. The van der Waals surface area contributed by atoms with Crippen LogP contribution in [0.15, 0.2) is 58.4 Å². The largest absolute Gasteiger partial charge is 0.325 e. The molecular weight excluding hydrogens is 420 g/mol. The second-order valence-corrected chi connectivity index (χ2v) is 8.00. The monoisotopic (exact) mass is 435 g/mol. The molecule has 0 saturated heterocycles. The molecule has 3 aromatic rings. The van der Waals surface area contributed by atoms with E-state index in [0.717, 1.165) is 29.5 Å². The van der Waals surface area contributed by atoms with Gasteiger partial charge in [-0.1, -0.05) is 29.4 Å². The smallest absolute Gasteiger partial charge is 0.271 e. The Kier molecular flexibility index (Phi) is 6.34. The summed E-state index contributed by atoms with van der Waals surface area (Å²) < 4.78 is 27.5. The van der Waals surface area contributed by atoms with E-state index >= 15 is 0 Å². The van der Waals surface area contributed by atoms with Crippen molar-refractivity contribution in [3.63, 3.8) is 0 Å². The lowest BCUT2D eigenvalue weighted by Crippen LogP contribution is -2.24. The molecule has 0 aliphatic heterocycles. The van der Waals surface area contributed by atoms with Crippen molar-refractivity contribution in [1.82, 2.24) is 9.78 Å². The predicted octanol–water partition coefficient (Wildman–Crippen LogP) is 4.59. The van der Waals surface area contributed by atoms with Gasteiger partial charge in [-0.25, -0.2) is 8.78 Å². The Morgan fingerprint density at radius 2 is 1.90 bits per heavy atom. The zero-order chi connectivity index (χ0) is 21.1. The summed E-state index contributed by atoms with van der Waals surface area (Å²) in [6.45, 7) is 3.49. The molecule has 2 aromatic carbocycles. The molecule has 1 N–H and O–H groups in total. The van der Waals surface area contributed by atoms with Crippen molar-refractivity contribution >= 4 is 35.0 Å². The van der Waals surface area contributed by atoms with E-state index in [2.05, 4.69) is 10.4 Å². The minimum absolute atomic E-state index is 0.147. The Labute approximate surface area is 174 Å². The summed E-state index contributed by atoms with van der Waals surface area (Å²) in [4.78, 5) is 24.5. The summed E-state index contributed by atoms with van der Waals surface area (Å²) in [5.74, 6) is -2.46. The standard InChI is InChI=1S/C20H16ClF2N3O2S/c1-11-3-5-14(10-15(11)21)26-19(27)8-7-18(25-26)29-12(2)20(28)24-13-4-6-16(22)17(23)9-13/h3-10,12H,1-2H3,(H,24,28)/t12-/m0/s1. The van der Waals surface area contributed by atoms with E-state index in [1.54, 1.807) is 25.1 Å². The van der Waals surface area contributed by atoms with Crippen molar-refractivity contribution in [2.45, 2.75) is 24.1 Å². The lowest BCUT2D eigenvalue weighted by atomic mass is 10.2. The van der Waals surface area contributed by atoms with Crippen LogP contribution < -0.4 is 10.9 Å². The maximum atomic E-state index is 13.3. The third-order valence-electron chi connectivity index (χ3n) is 4.03. The van der Waals surface area contributed by atoms with Crippen LogP contribution in [-0.4, -0.2) is 20.9 Å². The predicted molar refractivity (Wildman–Crippen MR) is 110 cm³/mol. The van der Waals surface area contributed by atoms with Crippen molar-refractivity contribution < 1.29 is 13.6 Å². The number of nitrogens with zero attached hydrogens (tertiary/aromatic N) is 2. The number of anilines is 1. The molecule has 3 rings (SSSR count). The Morgan fingerprint density at radius 3 is 2.59 bits per heavy atom. The lowest BCUT2D eigenvalue weighted by Gasteiger charge is -2.13. The summed E-state index contributed by atoms with van der Waals surface area (Å²) in [7, 11) is 0. The van der Waals surface area contributed by atoms with Crippen molar-refractivity contribution in [2.75, 3.05) is 5.32 Å². The number of hydrogen-bond acceptors (Lipinski definition) is 4. The number of aromatic nitrogens is 2. The average Bonchev–Trinajstić information content (AvgIpc) is 2.68. The van der Waals surface area contributed by atoms with E-state index in [4.69, 9.17) is 11.6 Å². The van der Waals surface area contributed by atoms with Crippen LogP contribution in [0, 0.1) is 18.6 Å². The molecular formula is C20H16ClF2N3O2S. The van der Waals surface area contributed by atoms with E-state index in [9.17, 15) is 18.4 Å². The fourth-order valence-electron chi connectivity index (χ4n) is 2.41. The van der Waals surface area contributed by atoms with Gasteiger partial charge in [-0.05, 0) is 49.7 Å². The van der Waals surface area contributed by atoms with Crippen LogP contribution in [0.1, 0.15) is 12.5 Å². The number of rotatable bonds is 5. The lowest BCUT2D eigenvalue weighted by molar-refractivity contribution is -0.115. The fourth-order valence-corrected chi connectivity index (χ4v) is 3.39. The number of aryl methyl sites for hydroxylation is 1. The van der Waals surface area contributed by atoms with Crippen molar-refractivity contribution in [3.05, 3.63) is 81.1 Å². The fraction of sp³-hybridized carbons (Fsp3) is 0.150. The van der Waals surface area contributed by atoms with Crippen LogP contribution in [0.25, 0.3) is 5.69 Å². The maximum absolute atomic E-state index is 13.3. The van der Waals surface area contributed by atoms with Gasteiger partial charge in [0.1, 0.15) is 5.03 Å². The zero-order valence-corrected chi connectivity index (χ0v) is 17.0. The Morgan fingerprint density at radius 1 is 1.14 bits per heavy atom. The minimum atomic E-state index is -1.05. The van der Waals surface area contributed by atoms with Crippen molar-refractivity contribution in [1.29, 1.82) is 0 Å². The molecule has 29 heavy (non-hydrogen) atoms. The molecule has 1 atom stereocenters. The highest BCUT2D eigenvalue weighted by Gasteiger charge is 2.17. The van der Waals surface area contributed by atoms with Gasteiger partial charge in [-0.3, -0.25) is 9.59 Å². The van der Waals surface area contributed by atoms with E-state index in [-0.39, 0.29) is 11.2 Å². The molecule has 1 heterocycles. The number of halogens is 3. The van der Waals surface area contributed by atoms with Gasteiger partial charge in [0.05, 0.1) is 10.9 Å². The Balaban J connectivity index is 1.77. The Bertz CT molecular complexity index is 1140. The number of thioether (sulfide) groups is 1. The van der Waals surface area contributed by atoms with Gasteiger partial charge in [0, 0.05) is 22.8 Å². The van der Waals surface area contributed by atoms with E-state index in [1.165, 1.54) is 22.9 Å². The van der Waals surface area contributed by atoms with Crippen LogP contribution in [0.4, 0.5) is 14.5 Å². The maximum Gasteiger partial charge on any atom is 0.271 e. The summed E-state index contributed by atoms with van der Waals surface area (Å²) in [5, 5.41) is 7.15. The number of nitrogens with one attached hydrogen (secondary N) is 1. The average molecular weight is 436 g/mol. The molecule has 1 amide bonds. The molecule has 5 nitrogen and oxygen atoms in total. The molecule has 1 aromatic heterocycles. The van der Waals surface area contributed by atoms with Gasteiger partial charge in [-0.2, -0.15) is 9.78 Å². The summed E-state index contributed by atoms with van der Waals surface area (Å²) in [6.07, 6.45) is 0. The molecule has 0 bridgehead atoms. The van der Waals surface area contributed by atoms with Crippen LogP contribution in [0.2, 0.25) is 5.02 Å². The van der Waals surface area contributed by atoms with Crippen LogP contribution >= 0.6 is 23.4 Å². The van der Waals surface area contributed by atoms with Gasteiger partial charge in [-0.15, -0.1) is 0 Å². The number of hydrogen-bond donors (Lipinski definition) is 1. The first-order valence-corrected chi connectivity index (χ1v) is 9.80. The van der Waals surface area contributed by atoms with Gasteiger partial charge >= 0.3 is 0 Å². The molecule has 0 spiro atoms. The van der Waals surface area contributed by atoms with Gasteiger partial charge in [0.25, 0.3) is 5.56 Å². The molecule has 0 aliphatic rings. The van der Waals surface area contributed by atoms with Gasteiger partial charge in [0.2, 0.25) is 5.91 Å². The number of carbonyl (C=O) groups is 1. The molecule has 9 heteroatoms. The van der Waals surface area contributed by atoms with E-state index in [0.29, 0.717) is 15.7 Å². The first-order chi connectivity index (χ1) is 13.7. The normalized spacial score (nSPS) is 11.9. The quantitative estimate of drug-likeness (QED) is 0.595. The van der Waals surface area contributed by atoms with Crippen LogP contribution in [0.3, 0.4) is 0 Å². The molecule has 150 valence electrons. The number of benzene rings is 2. The summed E-state index contributed by atoms with van der Waals surface area (Å²) in [5.41, 5.74) is 1.19. The second-order valence-electron chi connectivity index (χ2n) is 6.23. The number of carbonyl (C=O) groups excluding carboxylic acids is 1. The van der Waals surface area contributed by atoms with Crippen molar-refractivity contribution in [2.24, 2.45) is 0 Å². The van der Waals surface area contributed by atoms with Crippen molar-refractivity contribution in [3.8, 4) is 5.69 Å². The van der Waals surface area contributed by atoms with E-state index in [1.807, 2.05) is 6.92 Å².